The molecule has 0 fully saturated rings. The van der Waals surface area contributed by atoms with Crippen LogP contribution >= 0.6 is 15.9 Å². The van der Waals surface area contributed by atoms with Gasteiger partial charge in [-0.25, -0.2) is 8.78 Å². The van der Waals surface area contributed by atoms with E-state index in [2.05, 4.69) is 15.9 Å². The Bertz CT molecular complexity index is 265. The lowest BCUT2D eigenvalue weighted by Gasteiger charge is -2.03. The van der Waals surface area contributed by atoms with Crippen LogP contribution < -0.4 is 5.73 Å². The third-order valence-corrected chi connectivity index (χ3v) is 2.21. The lowest BCUT2D eigenvalue weighted by Crippen LogP contribution is -2.05. The number of rotatable bonds is 2. The van der Waals surface area contributed by atoms with Crippen molar-refractivity contribution in [3.63, 3.8) is 0 Å². The van der Waals surface area contributed by atoms with Gasteiger partial charge < -0.3 is 5.73 Å². The Hall–Kier alpha value is -0.480. The van der Waals surface area contributed by atoms with E-state index in [1.807, 2.05) is 0 Å². The first kappa shape index (κ1) is 9.61. The van der Waals surface area contributed by atoms with Crippen LogP contribution in [0.4, 0.5) is 8.78 Å². The van der Waals surface area contributed by atoms with Gasteiger partial charge >= 0.3 is 0 Å². The molecule has 1 rings (SSSR count). The smallest absolute Gasteiger partial charge is 0.130 e. The first-order chi connectivity index (χ1) is 5.65. The van der Waals surface area contributed by atoms with Crippen LogP contribution in [0.3, 0.4) is 0 Å². The van der Waals surface area contributed by atoms with Crippen molar-refractivity contribution >= 4 is 15.9 Å². The number of halogens is 3. The summed E-state index contributed by atoms with van der Waals surface area (Å²) in [5, 5.41) is 0. The third-order valence-electron chi connectivity index (χ3n) is 1.50. The van der Waals surface area contributed by atoms with Crippen molar-refractivity contribution < 1.29 is 8.78 Å². The number of hydrogen-bond donors (Lipinski definition) is 1. The van der Waals surface area contributed by atoms with Crippen LogP contribution in [-0.4, -0.2) is 6.54 Å². The fourth-order valence-corrected chi connectivity index (χ4v) is 1.56. The fraction of sp³-hybridized carbons (Fsp3) is 0.250. The van der Waals surface area contributed by atoms with Crippen LogP contribution in [0.5, 0.6) is 0 Å². The monoisotopic (exact) mass is 235 g/mol. The van der Waals surface area contributed by atoms with Gasteiger partial charge in [-0.05, 0) is 19.0 Å². The molecule has 0 spiro atoms. The Balaban J connectivity index is 3.10. The highest BCUT2D eigenvalue weighted by Crippen LogP contribution is 2.21. The highest BCUT2D eigenvalue weighted by atomic mass is 79.9. The molecule has 0 radical (unpaired) electrons. The van der Waals surface area contributed by atoms with Crippen molar-refractivity contribution in [2.24, 2.45) is 5.73 Å². The summed E-state index contributed by atoms with van der Waals surface area (Å²) in [4.78, 5) is 0. The SMILES string of the molecule is NCCc1c(F)cc(F)cc1Br. The van der Waals surface area contributed by atoms with Gasteiger partial charge in [0.05, 0.1) is 0 Å². The van der Waals surface area contributed by atoms with Crippen LogP contribution in [0.2, 0.25) is 0 Å². The minimum atomic E-state index is -0.583. The molecule has 0 aromatic heterocycles. The van der Waals surface area contributed by atoms with Gasteiger partial charge in [0.15, 0.2) is 0 Å². The molecule has 0 saturated carbocycles. The van der Waals surface area contributed by atoms with E-state index in [1.165, 1.54) is 6.07 Å². The van der Waals surface area contributed by atoms with E-state index >= 15 is 0 Å². The lowest BCUT2D eigenvalue weighted by molar-refractivity contribution is 0.570. The van der Waals surface area contributed by atoms with Crippen LogP contribution in [0.1, 0.15) is 5.56 Å². The summed E-state index contributed by atoms with van der Waals surface area (Å²) in [5.41, 5.74) is 5.68. The molecule has 1 nitrogen and oxygen atoms in total. The molecule has 66 valence electrons. The van der Waals surface area contributed by atoms with Crippen molar-refractivity contribution in [1.29, 1.82) is 0 Å². The predicted molar refractivity (Wildman–Crippen MR) is 46.8 cm³/mol. The molecule has 0 atom stereocenters. The summed E-state index contributed by atoms with van der Waals surface area (Å²) in [5.74, 6) is -1.13. The van der Waals surface area contributed by atoms with Crippen LogP contribution in [0, 0.1) is 11.6 Å². The Morgan fingerprint density at radius 2 is 2.00 bits per heavy atom. The summed E-state index contributed by atoms with van der Waals surface area (Å²) in [7, 11) is 0. The molecule has 2 N–H and O–H groups in total. The average Bonchev–Trinajstić information content (AvgIpc) is 1.96. The third kappa shape index (κ3) is 2.01. The second kappa shape index (κ2) is 3.96. The molecule has 4 heteroatoms. The van der Waals surface area contributed by atoms with Crippen molar-refractivity contribution in [2.75, 3.05) is 6.54 Å². The zero-order valence-corrected chi connectivity index (χ0v) is 7.87. The van der Waals surface area contributed by atoms with Gasteiger partial charge in [-0.1, -0.05) is 15.9 Å². The van der Waals surface area contributed by atoms with Gasteiger partial charge in [0, 0.05) is 16.1 Å². The van der Waals surface area contributed by atoms with Gasteiger partial charge in [-0.2, -0.15) is 0 Å². The maximum absolute atomic E-state index is 13.0. The van der Waals surface area contributed by atoms with Crippen molar-refractivity contribution in [3.8, 4) is 0 Å². The zero-order chi connectivity index (χ0) is 9.14. The quantitative estimate of drug-likeness (QED) is 0.837. The molecule has 12 heavy (non-hydrogen) atoms. The molecular weight excluding hydrogens is 228 g/mol. The maximum atomic E-state index is 13.0. The number of nitrogens with two attached hydrogens (primary N) is 1. The van der Waals surface area contributed by atoms with Gasteiger partial charge in [0.25, 0.3) is 0 Å². The van der Waals surface area contributed by atoms with Crippen molar-refractivity contribution in [1.82, 2.24) is 0 Å². The highest BCUT2D eigenvalue weighted by molar-refractivity contribution is 9.10. The summed E-state index contributed by atoms with van der Waals surface area (Å²) in [6.07, 6.45) is 0.409. The molecule has 0 aliphatic heterocycles. The Morgan fingerprint density at radius 1 is 1.33 bits per heavy atom. The van der Waals surface area contributed by atoms with Crippen LogP contribution in [-0.2, 0) is 6.42 Å². The zero-order valence-electron chi connectivity index (χ0n) is 6.28. The molecule has 0 unspecified atom stereocenters. The predicted octanol–water partition coefficient (Wildman–Crippen LogP) is 2.23. The van der Waals surface area contributed by atoms with E-state index < -0.39 is 11.6 Å². The van der Waals surface area contributed by atoms with Gasteiger partial charge in [-0.3, -0.25) is 0 Å². The van der Waals surface area contributed by atoms with Crippen LogP contribution in [0.15, 0.2) is 16.6 Å². The molecule has 1 aromatic rings. The van der Waals surface area contributed by atoms with E-state index in [1.54, 1.807) is 0 Å². The summed E-state index contributed by atoms with van der Waals surface area (Å²) >= 11 is 3.06. The average molecular weight is 236 g/mol. The molecule has 1 aromatic carbocycles. The van der Waals surface area contributed by atoms with E-state index in [-0.39, 0.29) is 0 Å². The lowest BCUT2D eigenvalue weighted by atomic mass is 10.1. The molecule has 0 saturated heterocycles. The van der Waals surface area contributed by atoms with E-state index in [0.717, 1.165) is 6.07 Å². The molecular formula is C8H8BrF2N. The Morgan fingerprint density at radius 3 is 2.50 bits per heavy atom. The molecule has 0 aliphatic carbocycles. The summed E-state index contributed by atoms with van der Waals surface area (Å²) in [6, 6.07) is 2.09. The molecule has 0 heterocycles. The largest absolute Gasteiger partial charge is 0.330 e. The highest BCUT2D eigenvalue weighted by Gasteiger charge is 2.07. The topological polar surface area (TPSA) is 26.0 Å². The summed E-state index contributed by atoms with van der Waals surface area (Å²) < 4.78 is 26.0. The number of benzene rings is 1. The minimum absolute atomic E-state index is 0.348. The normalized spacial score (nSPS) is 10.3. The minimum Gasteiger partial charge on any atom is -0.330 e. The van der Waals surface area contributed by atoms with Gasteiger partial charge in [-0.15, -0.1) is 0 Å². The maximum Gasteiger partial charge on any atom is 0.130 e. The number of hydrogen-bond acceptors (Lipinski definition) is 1. The van der Waals surface area contributed by atoms with E-state index in [9.17, 15) is 8.78 Å². The van der Waals surface area contributed by atoms with Crippen LogP contribution in [0.25, 0.3) is 0 Å². The van der Waals surface area contributed by atoms with E-state index in [4.69, 9.17) is 5.73 Å². The molecule has 0 bridgehead atoms. The first-order valence-electron chi connectivity index (χ1n) is 3.48. The Labute approximate surface area is 77.7 Å². The van der Waals surface area contributed by atoms with Gasteiger partial charge in [0.2, 0.25) is 0 Å². The second-order valence-electron chi connectivity index (χ2n) is 2.39. The van der Waals surface area contributed by atoms with Crippen molar-refractivity contribution in [3.05, 3.63) is 33.8 Å². The Kier molecular flexibility index (Phi) is 3.17. The summed E-state index contributed by atoms with van der Waals surface area (Å²) in [6.45, 7) is 0.348. The molecule has 0 amide bonds. The standard InChI is InChI=1S/C8H8BrF2N/c9-7-3-5(10)4-8(11)6(7)1-2-12/h3-4H,1-2,12H2. The van der Waals surface area contributed by atoms with Crippen molar-refractivity contribution in [2.45, 2.75) is 6.42 Å². The fourth-order valence-electron chi connectivity index (χ4n) is 0.955. The molecule has 0 aliphatic rings. The van der Waals surface area contributed by atoms with Gasteiger partial charge in [0.1, 0.15) is 11.6 Å². The first-order valence-corrected chi connectivity index (χ1v) is 4.28. The second-order valence-corrected chi connectivity index (χ2v) is 3.24. The van der Waals surface area contributed by atoms with E-state index in [0.29, 0.717) is 23.0 Å².